The maximum atomic E-state index is 5.89. The zero-order chi connectivity index (χ0) is 18.3. The second-order valence-electron chi connectivity index (χ2n) is 7.14. The predicted molar refractivity (Wildman–Crippen MR) is 102 cm³/mol. The van der Waals surface area contributed by atoms with E-state index in [4.69, 9.17) is 4.84 Å². The molecule has 1 spiro atoms. The van der Waals surface area contributed by atoms with Crippen LogP contribution in [0, 0.1) is 0 Å². The van der Waals surface area contributed by atoms with Crippen LogP contribution < -0.4 is 5.32 Å². The number of rotatable bonds is 4. The van der Waals surface area contributed by atoms with Crippen LogP contribution in [0.1, 0.15) is 44.6 Å². The van der Waals surface area contributed by atoms with Crippen molar-refractivity contribution in [2.45, 2.75) is 51.2 Å². The molecule has 27 heavy (non-hydrogen) atoms. The minimum absolute atomic E-state index is 0.127. The molecule has 0 saturated heterocycles. The van der Waals surface area contributed by atoms with Gasteiger partial charge in [-0.25, -0.2) is 19.6 Å². The normalized spacial score (nSPS) is 18.0. The SMILES string of the molecule is CCn1ncc2c(Nc3ncccn3)c(C3=NOC4(CCCC4)C3)cnc21. The van der Waals surface area contributed by atoms with Gasteiger partial charge >= 0.3 is 0 Å². The van der Waals surface area contributed by atoms with E-state index in [0.717, 1.165) is 53.8 Å². The first-order valence-corrected chi connectivity index (χ1v) is 9.42. The van der Waals surface area contributed by atoms with Crippen molar-refractivity contribution in [1.82, 2.24) is 24.7 Å². The molecule has 5 rings (SSSR count). The van der Waals surface area contributed by atoms with Gasteiger partial charge in [0.2, 0.25) is 5.95 Å². The van der Waals surface area contributed by atoms with E-state index in [2.05, 4.69) is 30.5 Å². The minimum atomic E-state index is -0.127. The first-order chi connectivity index (χ1) is 13.3. The summed E-state index contributed by atoms with van der Waals surface area (Å²) in [7, 11) is 0. The van der Waals surface area contributed by atoms with E-state index in [1.165, 1.54) is 12.8 Å². The number of oxime groups is 1. The molecule has 1 saturated carbocycles. The highest BCUT2D eigenvalue weighted by Gasteiger charge is 2.42. The highest BCUT2D eigenvalue weighted by atomic mass is 16.7. The van der Waals surface area contributed by atoms with Gasteiger partial charge in [-0.2, -0.15) is 5.10 Å². The first kappa shape index (κ1) is 16.2. The molecular formula is C19H21N7O. The van der Waals surface area contributed by atoms with Gasteiger partial charge in [0.05, 0.1) is 23.0 Å². The lowest BCUT2D eigenvalue weighted by Gasteiger charge is -2.19. The van der Waals surface area contributed by atoms with Crippen molar-refractivity contribution in [3.05, 3.63) is 36.4 Å². The quantitative estimate of drug-likeness (QED) is 0.764. The fourth-order valence-electron chi connectivity index (χ4n) is 4.04. The Balaban J connectivity index is 1.60. The molecule has 1 aliphatic heterocycles. The molecule has 138 valence electrons. The summed E-state index contributed by atoms with van der Waals surface area (Å²) in [5, 5.41) is 13.2. The summed E-state index contributed by atoms with van der Waals surface area (Å²) in [6.45, 7) is 2.80. The van der Waals surface area contributed by atoms with E-state index in [1.54, 1.807) is 18.5 Å². The number of anilines is 2. The van der Waals surface area contributed by atoms with Crippen LogP contribution in [0.15, 0.2) is 36.0 Å². The summed E-state index contributed by atoms with van der Waals surface area (Å²) in [6, 6.07) is 1.79. The van der Waals surface area contributed by atoms with Gasteiger partial charge in [-0.3, -0.25) is 0 Å². The van der Waals surface area contributed by atoms with Crippen molar-refractivity contribution >= 4 is 28.4 Å². The van der Waals surface area contributed by atoms with Crippen molar-refractivity contribution in [3.8, 4) is 0 Å². The zero-order valence-corrected chi connectivity index (χ0v) is 15.2. The standard InChI is InChI=1S/C19H21N7O/c1-2-26-17-14(12-23-26)16(24-18-20-8-5-9-21-18)13(11-22-17)15-10-19(27-25-15)6-3-4-7-19/h5,8-9,11-12H,2-4,6-7,10H2,1H3,(H,20,21,22,24). The molecule has 0 radical (unpaired) electrons. The number of hydrogen-bond acceptors (Lipinski definition) is 7. The summed E-state index contributed by atoms with van der Waals surface area (Å²) in [5.74, 6) is 0.533. The van der Waals surface area contributed by atoms with E-state index in [9.17, 15) is 0 Å². The highest BCUT2D eigenvalue weighted by Crippen LogP contribution is 2.42. The third-order valence-electron chi connectivity index (χ3n) is 5.43. The van der Waals surface area contributed by atoms with Crippen molar-refractivity contribution in [2.75, 3.05) is 5.32 Å². The van der Waals surface area contributed by atoms with E-state index >= 15 is 0 Å². The maximum absolute atomic E-state index is 5.89. The molecule has 0 unspecified atom stereocenters. The van der Waals surface area contributed by atoms with Crippen LogP contribution in [0.5, 0.6) is 0 Å². The third-order valence-corrected chi connectivity index (χ3v) is 5.43. The lowest BCUT2D eigenvalue weighted by molar-refractivity contribution is -0.0126. The minimum Gasteiger partial charge on any atom is -0.389 e. The van der Waals surface area contributed by atoms with E-state index in [0.29, 0.717) is 5.95 Å². The highest BCUT2D eigenvalue weighted by molar-refractivity contribution is 6.11. The second-order valence-corrected chi connectivity index (χ2v) is 7.14. The third kappa shape index (κ3) is 2.72. The van der Waals surface area contributed by atoms with Crippen molar-refractivity contribution in [1.29, 1.82) is 0 Å². The number of nitrogens with zero attached hydrogens (tertiary/aromatic N) is 6. The molecule has 1 aliphatic carbocycles. The molecule has 3 aromatic heterocycles. The van der Waals surface area contributed by atoms with E-state index in [1.807, 2.05) is 24.0 Å². The van der Waals surface area contributed by atoms with Gasteiger partial charge in [0.15, 0.2) is 5.65 Å². The molecular weight excluding hydrogens is 342 g/mol. The summed E-state index contributed by atoms with van der Waals surface area (Å²) >= 11 is 0. The molecule has 0 aromatic carbocycles. The first-order valence-electron chi connectivity index (χ1n) is 9.42. The van der Waals surface area contributed by atoms with Crippen molar-refractivity contribution < 1.29 is 4.84 Å². The second kappa shape index (κ2) is 6.29. The Labute approximate surface area is 156 Å². The lowest BCUT2D eigenvalue weighted by atomic mass is 9.92. The average Bonchev–Trinajstić information content (AvgIpc) is 3.44. The van der Waals surface area contributed by atoms with Gasteiger partial charge in [0.1, 0.15) is 5.60 Å². The fraction of sp³-hybridized carbons (Fsp3) is 0.421. The van der Waals surface area contributed by atoms with Crippen LogP contribution in [-0.4, -0.2) is 36.0 Å². The van der Waals surface area contributed by atoms with Crippen LogP contribution in [0.4, 0.5) is 11.6 Å². The summed E-state index contributed by atoms with van der Waals surface area (Å²) in [4.78, 5) is 19.2. The van der Waals surface area contributed by atoms with Crippen molar-refractivity contribution in [2.24, 2.45) is 5.16 Å². The summed E-state index contributed by atoms with van der Waals surface area (Å²) < 4.78 is 1.88. The predicted octanol–water partition coefficient (Wildman–Crippen LogP) is 3.42. The van der Waals surface area contributed by atoms with Gasteiger partial charge in [-0.1, -0.05) is 5.16 Å². The van der Waals surface area contributed by atoms with E-state index in [-0.39, 0.29) is 5.60 Å². The number of fused-ring (bicyclic) bond motifs is 1. The Hall–Kier alpha value is -3.03. The number of aromatic nitrogens is 5. The Morgan fingerprint density at radius 1 is 1.15 bits per heavy atom. The average molecular weight is 363 g/mol. The van der Waals surface area contributed by atoms with Gasteiger partial charge in [-0.15, -0.1) is 0 Å². The molecule has 4 heterocycles. The zero-order valence-electron chi connectivity index (χ0n) is 15.2. The summed E-state index contributed by atoms with van der Waals surface area (Å²) in [6.07, 6.45) is 12.5. The molecule has 0 amide bonds. The Kier molecular flexibility index (Phi) is 3.77. The van der Waals surface area contributed by atoms with Gasteiger partial charge in [0.25, 0.3) is 0 Å². The number of nitrogens with one attached hydrogen (secondary N) is 1. The monoisotopic (exact) mass is 363 g/mol. The number of aryl methyl sites for hydroxylation is 1. The Morgan fingerprint density at radius 3 is 2.74 bits per heavy atom. The molecule has 1 N–H and O–H groups in total. The van der Waals surface area contributed by atoms with Gasteiger partial charge in [0, 0.05) is 37.1 Å². The smallest absolute Gasteiger partial charge is 0.227 e. The van der Waals surface area contributed by atoms with Crippen LogP contribution in [0.25, 0.3) is 11.0 Å². The molecule has 0 atom stereocenters. The number of hydrogen-bond donors (Lipinski definition) is 1. The Morgan fingerprint density at radius 2 is 1.96 bits per heavy atom. The topological polar surface area (TPSA) is 90.1 Å². The number of pyridine rings is 1. The lowest BCUT2D eigenvalue weighted by Crippen LogP contribution is -2.24. The molecule has 8 heteroatoms. The van der Waals surface area contributed by atoms with Crippen LogP contribution in [0.2, 0.25) is 0 Å². The summed E-state index contributed by atoms with van der Waals surface area (Å²) in [5.41, 5.74) is 3.43. The molecule has 8 nitrogen and oxygen atoms in total. The van der Waals surface area contributed by atoms with Gasteiger partial charge in [-0.05, 0) is 38.7 Å². The van der Waals surface area contributed by atoms with Crippen LogP contribution in [0.3, 0.4) is 0 Å². The molecule has 0 bridgehead atoms. The van der Waals surface area contributed by atoms with Crippen LogP contribution in [-0.2, 0) is 11.4 Å². The van der Waals surface area contributed by atoms with E-state index < -0.39 is 0 Å². The molecule has 1 fully saturated rings. The largest absolute Gasteiger partial charge is 0.389 e. The Bertz CT molecular complexity index is 1010. The van der Waals surface area contributed by atoms with Gasteiger partial charge < -0.3 is 10.2 Å². The molecule has 3 aromatic rings. The molecule has 2 aliphatic rings. The fourth-order valence-corrected chi connectivity index (χ4v) is 4.04. The van der Waals surface area contributed by atoms with Crippen LogP contribution >= 0.6 is 0 Å². The maximum Gasteiger partial charge on any atom is 0.227 e. The van der Waals surface area contributed by atoms with Crippen molar-refractivity contribution in [3.63, 3.8) is 0 Å².